The Kier molecular flexibility index (Phi) is 8.34. The summed E-state index contributed by atoms with van der Waals surface area (Å²) in [6.07, 6.45) is 5.65. The van der Waals surface area contributed by atoms with Gasteiger partial charge in [-0.15, -0.1) is 11.3 Å². The van der Waals surface area contributed by atoms with Crippen molar-refractivity contribution in [2.45, 2.75) is 39.3 Å². The molecular weight excluding hydrogens is 398 g/mol. The predicted octanol–water partition coefficient (Wildman–Crippen LogP) is 5.01. The van der Waals surface area contributed by atoms with Crippen LogP contribution in [0.4, 0.5) is 0 Å². The van der Waals surface area contributed by atoms with Crippen LogP contribution in [0.25, 0.3) is 6.08 Å². The molecule has 2 aromatic rings. The van der Waals surface area contributed by atoms with Crippen LogP contribution in [0.1, 0.15) is 37.1 Å². The molecule has 0 saturated carbocycles. The molecule has 1 unspecified atom stereocenters. The van der Waals surface area contributed by atoms with Crippen molar-refractivity contribution in [3.05, 3.63) is 52.2 Å². The first-order chi connectivity index (χ1) is 14.5. The Hall–Kier alpha value is -2.31. The van der Waals surface area contributed by atoms with Crippen LogP contribution < -0.4 is 9.47 Å². The zero-order valence-corrected chi connectivity index (χ0v) is 18.8. The van der Waals surface area contributed by atoms with E-state index in [9.17, 15) is 4.79 Å². The van der Waals surface area contributed by atoms with Crippen LogP contribution in [0.2, 0.25) is 0 Å². The molecule has 1 aromatic heterocycles. The Morgan fingerprint density at radius 2 is 2.20 bits per heavy atom. The topological polar surface area (TPSA) is 48.0 Å². The van der Waals surface area contributed by atoms with Gasteiger partial charge in [-0.25, -0.2) is 0 Å². The van der Waals surface area contributed by atoms with Crippen molar-refractivity contribution in [3.8, 4) is 11.5 Å². The van der Waals surface area contributed by atoms with Gasteiger partial charge in [0.05, 0.1) is 26.4 Å². The SMILES string of the molecule is COc1cc(/C=C/C(=O)N(Cc2cccs2)CC2CCCO2)ccc1OCC(C)C. The third kappa shape index (κ3) is 6.61. The second kappa shape index (κ2) is 11.2. The fourth-order valence-electron chi connectivity index (χ4n) is 3.29. The lowest BCUT2D eigenvalue weighted by Crippen LogP contribution is -2.35. The minimum absolute atomic E-state index is 0.0157. The van der Waals surface area contributed by atoms with Crippen molar-refractivity contribution in [1.29, 1.82) is 0 Å². The van der Waals surface area contributed by atoms with Crippen LogP contribution in [0.3, 0.4) is 0 Å². The molecule has 1 aliphatic heterocycles. The fraction of sp³-hybridized carbons (Fsp3) is 0.458. The molecule has 162 valence electrons. The van der Waals surface area contributed by atoms with Gasteiger partial charge in [0, 0.05) is 24.1 Å². The molecule has 5 nitrogen and oxygen atoms in total. The molecule has 0 spiro atoms. The smallest absolute Gasteiger partial charge is 0.246 e. The van der Waals surface area contributed by atoms with Gasteiger partial charge >= 0.3 is 0 Å². The molecule has 1 fully saturated rings. The van der Waals surface area contributed by atoms with Crippen molar-refractivity contribution >= 4 is 23.3 Å². The average Bonchev–Trinajstić information content (AvgIpc) is 3.44. The summed E-state index contributed by atoms with van der Waals surface area (Å²) in [5.41, 5.74) is 0.894. The summed E-state index contributed by atoms with van der Waals surface area (Å²) < 4.78 is 17.0. The predicted molar refractivity (Wildman–Crippen MR) is 121 cm³/mol. The largest absolute Gasteiger partial charge is 0.493 e. The number of hydrogen-bond donors (Lipinski definition) is 0. The molecular formula is C24H31NO4S. The third-order valence-corrected chi connectivity index (χ3v) is 5.73. The van der Waals surface area contributed by atoms with Crippen LogP contribution in [0, 0.1) is 5.92 Å². The number of ether oxygens (including phenoxy) is 3. The summed E-state index contributed by atoms with van der Waals surface area (Å²) >= 11 is 1.66. The molecule has 30 heavy (non-hydrogen) atoms. The summed E-state index contributed by atoms with van der Waals surface area (Å²) in [6.45, 7) is 6.84. The maximum absolute atomic E-state index is 13.0. The van der Waals surface area contributed by atoms with Crippen LogP contribution in [0.5, 0.6) is 11.5 Å². The number of nitrogens with zero attached hydrogens (tertiary/aromatic N) is 1. The highest BCUT2D eigenvalue weighted by Gasteiger charge is 2.22. The lowest BCUT2D eigenvalue weighted by atomic mass is 10.1. The maximum atomic E-state index is 13.0. The first-order valence-corrected chi connectivity index (χ1v) is 11.3. The van der Waals surface area contributed by atoms with E-state index >= 15 is 0 Å². The minimum atomic E-state index is -0.0157. The number of rotatable bonds is 10. The van der Waals surface area contributed by atoms with Crippen molar-refractivity contribution in [3.63, 3.8) is 0 Å². The van der Waals surface area contributed by atoms with Gasteiger partial charge in [-0.1, -0.05) is 26.0 Å². The number of methoxy groups -OCH3 is 1. The van der Waals surface area contributed by atoms with Crippen molar-refractivity contribution < 1.29 is 19.0 Å². The van der Waals surface area contributed by atoms with Gasteiger partial charge in [0.1, 0.15) is 0 Å². The molecule has 2 heterocycles. The molecule has 6 heteroatoms. The lowest BCUT2D eigenvalue weighted by Gasteiger charge is -2.23. The molecule has 0 N–H and O–H groups in total. The number of thiophene rings is 1. The monoisotopic (exact) mass is 429 g/mol. The normalized spacial score (nSPS) is 16.3. The quantitative estimate of drug-likeness (QED) is 0.498. The van der Waals surface area contributed by atoms with Crippen LogP contribution in [0.15, 0.2) is 41.8 Å². The zero-order valence-electron chi connectivity index (χ0n) is 18.0. The highest BCUT2D eigenvalue weighted by atomic mass is 32.1. The van der Waals surface area contributed by atoms with Gasteiger partial charge < -0.3 is 19.1 Å². The van der Waals surface area contributed by atoms with E-state index in [-0.39, 0.29) is 12.0 Å². The van der Waals surface area contributed by atoms with Gasteiger partial charge in [-0.05, 0) is 54.0 Å². The van der Waals surface area contributed by atoms with E-state index in [1.165, 1.54) is 4.88 Å². The highest BCUT2D eigenvalue weighted by molar-refractivity contribution is 7.09. The summed E-state index contributed by atoms with van der Waals surface area (Å²) in [4.78, 5) is 16.0. The van der Waals surface area contributed by atoms with E-state index in [4.69, 9.17) is 14.2 Å². The van der Waals surface area contributed by atoms with E-state index in [1.807, 2.05) is 40.6 Å². The van der Waals surface area contributed by atoms with Crippen molar-refractivity contribution in [1.82, 2.24) is 4.90 Å². The van der Waals surface area contributed by atoms with Gasteiger partial charge in [0.25, 0.3) is 0 Å². The second-order valence-corrected chi connectivity index (χ2v) is 8.91. The molecule has 1 amide bonds. The molecule has 3 rings (SSSR count). The van der Waals surface area contributed by atoms with Gasteiger partial charge in [-0.2, -0.15) is 0 Å². The Labute approximate surface area is 183 Å². The first-order valence-electron chi connectivity index (χ1n) is 10.5. The minimum Gasteiger partial charge on any atom is -0.493 e. The number of benzene rings is 1. The Balaban J connectivity index is 1.68. The molecule has 1 atom stereocenters. The number of hydrogen-bond acceptors (Lipinski definition) is 5. The van der Waals surface area contributed by atoms with E-state index < -0.39 is 0 Å². The lowest BCUT2D eigenvalue weighted by molar-refractivity contribution is -0.128. The van der Waals surface area contributed by atoms with Crippen molar-refractivity contribution in [2.24, 2.45) is 5.92 Å². The molecule has 1 aromatic carbocycles. The Bertz CT molecular complexity index is 826. The standard InChI is InChI=1S/C24H31NO4S/c1-18(2)17-29-22-10-8-19(14-23(22)27-3)9-11-24(26)25(15-20-6-4-12-28-20)16-21-7-5-13-30-21/h5,7-11,13-14,18,20H,4,6,12,15-17H2,1-3H3/b11-9+. The Morgan fingerprint density at radius 1 is 1.33 bits per heavy atom. The summed E-state index contributed by atoms with van der Waals surface area (Å²) in [5.74, 6) is 1.80. The second-order valence-electron chi connectivity index (χ2n) is 7.88. The van der Waals surface area contributed by atoms with Crippen LogP contribution >= 0.6 is 11.3 Å². The van der Waals surface area contributed by atoms with E-state index in [0.717, 1.165) is 25.0 Å². The van der Waals surface area contributed by atoms with Gasteiger partial charge in [-0.3, -0.25) is 4.79 Å². The molecule has 0 aliphatic carbocycles. The highest BCUT2D eigenvalue weighted by Crippen LogP contribution is 2.29. The third-order valence-electron chi connectivity index (χ3n) is 4.86. The van der Waals surface area contributed by atoms with Gasteiger partial charge in [0.2, 0.25) is 5.91 Å². The van der Waals surface area contributed by atoms with E-state index in [2.05, 4.69) is 19.9 Å². The fourth-order valence-corrected chi connectivity index (χ4v) is 4.01. The summed E-state index contributed by atoms with van der Waals surface area (Å²) in [7, 11) is 1.63. The average molecular weight is 430 g/mol. The maximum Gasteiger partial charge on any atom is 0.246 e. The number of carbonyl (C=O) groups is 1. The first kappa shape index (κ1) is 22.4. The number of amides is 1. The molecule has 0 radical (unpaired) electrons. The molecule has 0 bridgehead atoms. The van der Waals surface area contributed by atoms with E-state index in [0.29, 0.717) is 37.1 Å². The summed E-state index contributed by atoms with van der Waals surface area (Å²) in [6, 6.07) is 9.79. The Morgan fingerprint density at radius 3 is 2.87 bits per heavy atom. The van der Waals surface area contributed by atoms with Crippen molar-refractivity contribution in [2.75, 3.05) is 26.9 Å². The van der Waals surface area contributed by atoms with Crippen LogP contribution in [-0.4, -0.2) is 43.8 Å². The number of carbonyl (C=O) groups excluding carboxylic acids is 1. The van der Waals surface area contributed by atoms with Gasteiger partial charge in [0.15, 0.2) is 11.5 Å². The van der Waals surface area contributed by atoms with Crippen LogP contribution in [-0.2, 0) is 16.1 Å². The zero-order chi connectivity index (χ0) is 21.3. The molecule has 1 saturated heterocycles. The van der Waals surface area contributed by atoms with E-state index in [1.54, 1.807) is 24.5 Å². The molecule has 1 aliphatic rings. The summed E-state index contributed by atoms with van der Waals surface area (Å²) in [5, 5.41) is 2.04.